The molecule has 1 aromatic rings. The van der Waals surface area contributed by atoms with E-state index in [1.807, 2.05) is 0 Å². The van der Waals surface area contributed by atoms with Gasteiger partial charge in [-0.2, -0.15) is 13.2 Å². The van der Waals surface area contributed by atoms with Gasteiger partial charge in [0, 0.05) is 0 Å². The number of halogens is 3. The zero-order chi connectivity index (χ0) is 12.3. The highest BCUT2D eigenvalue weighted by atomic mass is 19.4. The van der Waals surface area contributed by atoms with Crippen molar-refractivity contribution in [2.24, 2.45) is 0 Å². The molecule has 0 aromatic carbocycles. The van der Waals surface area contributed by atoms with Crippen LogP contribution in [0.25, 0.3) is 0 Å². The number of esters is 1. The predicted molar refractivity (Wildman–Crippen MR) is 46.6 cm³/mol. The molecule has 1 aromatic heterocycles. The molecule has 0 aliphatic carbocycles. The molecular weight excluding hydrogens is 227 g/mol. The smallest absolute Gasteiger partial charge is 0.437 e. The van der Waals surface area contributed by atoms with Crippen LogP contribution in [0.1, 0.15) is 11.4 Å². The first-order chi connectivity index (χ1) is 7.34. The highest BCUT2D eigenvalue weighted by Crippen LogP contribution is 2.33. The lowest BCUT2D eigenvalue weighted by Crippen LogP contribution is -2.12. The van der Waals surface area contributed by atoms with Gasteiger partial charge in [-0.25, -0.2) is 4.98 Å². The quantitative estimate of drug-likeness (QED) is 0.789. The van der Waals surface area contributed by atoms with Gasteiger partial charge in [-0.05, 0) is 12.1 Å². The molecule has 0 saturated carbocycles. The molecule has 1 heterocycles. The maximum absolute atomic E-state index is 12.3. The number of nitrogens with zero attached hydrogens (tertiary/aromatic N) is 1. The topological polar surface area (TPSA) is 59.4 Å². The van der Waals surface area contributed by atoms with Crippen LogP contribution in [-0.2, 0) is 22.1 Å². The van der Waals surface area contributed by atoms with Crippen LogP contribution in [0, 0.1) is 0 Å². The normalized spacial score (nSPS) is 11.2. The lowest BCUT2D eigenvalue weighted by molar-refractivity contribution is -0.143. The molecular formula is C9H8F3NO3. The molecule has 4 nitrogen and oxygen atoms in total. The van der Waals surface area contributed by atoms with Crippen LogP contribution >= 0.6 is 0 Å². The number of methoxy groups -OCH3 is 1. The molecule has 0 aliphatic heterocycles. The third-order valence-corrected chi connectivity index (χ3v) is 1.75. The van der Waals surface area contributed by atoms with E-state index in [1.165, 1.54) is 0 Å². The summed E-state index contributed by atoms with van der Waals surface area (Å²) in [4.78, 5) is 14.0. The predicted octanol–water partition coefficient (Wildman–Crippen LogP) is 1.52. The third-order valence-electron chi connectivity index (χ3n) is 1.75. The highest BCUT2D eigenvalue weighted by Gasteiger charge is 2.36. The molecule has 1 N–H and O–H groups in total. The summed E-state index contributed by atoms with van der Waals surface area (Å²) in [6.45, 7) is 0. The van der Waals surface area contributed by atoms with Gasteiger partial charge in [0.05, 0.1) is 19.2 Å². The molecule has 16 heavy (non-hydrogen) atoms. The minimum Gasteiger partial charge on any atom is -0.506 e. The van der Waals surface area contributed by atoms with Gasteiger partial charge in [0.25, 0.3) is 0 Å². The minimum atomic E-state index is -4.75. The molecule has 0 unspecified atom stereocenters. The average Bonchev–Trinajstić information content (AvgIpc) is 2.19. The largest absolute Gasteiger partial charge is 0.506 e. The van der Waals surface area contributed by atoms with Gasteiger partial charge in [0.2, 0.25) is 0 Å². The standard InChI is InChI=1S/C9H8F3NO3/c1-16-7(15)4-5-2-3-6(14)8(13-5)9(10,11)12/h2-3,14H,4H2,1H3. The summed E-state index contributed by atoms with van der Waals surface area (Å²) < 4.78 is 41.2. The lowest BCUT2D eigenvalue weighted by Gasteiger charge is -2.09. The Kier molecular flexibility index (Phi) is 3.36. The second-order valence-corrected chi connectivity index (χ2v) is 2.92. The van der Waals surface area contributed by atoms with Crippen LogP contribution in [0.4, 0.5) is 13.2 Å². The molecule has 0 amide bonds. The molecule has 7 heteroatoms. The molecule has 88 valence electrons. The number of pyridine rings is 1. The number of ether oxygens (including phenoxy) is 1. The van der Waals surface area contributed by atoms with Gasteiger partial charge in [0.1, 0.15) is 5.75 Å². The zero-order valence-electron chi connectivity index (χ0n) is 8.21. The van der Waals surface area contributed by atoms with E-state index in [9.17, 15) is 18.0 Å². The Bertz CT molecular complexity index is 403. The van der Waals surface area contributed by atoms with E-state index >= 15 is 0 Å². The Morgan fingerprint density at radius 3 is 2.62 bits per heavy atom. The SMILES string of the molecule is COC(=O)Cc1ccc(O)c(C(F)(F)F)n1. The number of alkyl halides is 3. The Balaban J connectivity index is 3.03. The van der Waals surface area contributed by atoms with E-state index in [2.05, 4.69) is 9.72 Å². The second kappa shape index (κ2) is 4.38. The van der Waals surface area contributed by atoms with Gasteiger partial charge in [0.15, 0.2) is 5.69 Å². The highest BCUT2D eigenvalue weighted by molar-refractivity contribution is 5.71. The van der Waals surface area contributed by atoms with E-state index in [1.54, 1.807) is 0 Å². The summed E-state index contributed by atoms with van der Waals surface area (Å²) in [7, 11) is 1.12. The van der Waals surface area contributed by atoms with Crippen molar-refractivity contribution < 1.29 is 27.8 Å². The van der Waals surface area contributed by atoms with E-state index < -0.39 is 23.6 Å². The summed E-state index contributed by atoms with van der Waals surface area (Å²) in [5.74, 6) is -1.67. The fraction of sp³-hybridized carbons (Fsp3) is 0.333. The number of carbonyl (C=O) groups excluding carboxylic acids is 1. The van der Waals surface area contributed by atoms with E-state index in [0.29, 0.717) is 0 Å². The van der Waals surface area contributed by atoms with Gasteiger partial charge in [-0.15, -0.1) is 0 Å². The van der Waals surface area contributed by atoms with E-state index in [0.717, 1.165) is 19.2 Å². The summed E-state index contributed by atoms with van der Waals surface area (Å²) >= 11 is 0. The van der Waals surface area contributed by atoms with Crippen LogP contribution in [0.5, 0.6) is 5.75 Å². The Labute approximate surface area is 88.7 Å². The van der Waals surface area contributed by atoms with Crippen molar-refractivity contribution in [1.29, 1.82) is 0 Å². The first-order valence-electron chi connectivity index (χ1n) is 4.17. The fourth-order valence-electron chi connectivity index (χ4n) is 1.02. The van der Waals surface area contributed by atoms with Gasteiger partial charge < -0.3 is 9.84 Å². The first kappa shape index (κ1) is 12.3. The minimum absolute atomic E-state index is 0.114. The average molecular weight is 235 g/mol. The molecule has 0 bridgehead atoms. The summed E-state index contributed by atoms with van der Waals surface area (Å²) in [6, 6.07) is 1.97. The summed E-state index contributed by atoms with van der Waals surface area (Å²) in [5.41, 5.74) is -1.52. The fourth-order valence-corrected chi connectivity index (χ4v) is 1.02. The summed E-state index contributed by atoms with van der Waals surface area (Å²) in [6.07, 6.45) is -5.13. The van der Waals surface area contributed by atoms with Crippen molar-refractivity contribution in [1.82, 2.24) is 4.98 Å². The van der Waals surface area contributed by atoms with Crippen LogP contribution in [0.2, 0.25) is 0 Å². The maximum Gasteiger partial charge on any atom is 0.437 e. The van der Waals surface area contributed by atoms with Crippen molar-refractivity contribution in [3.8, 4) is 5.75 Å². The van der Waals surface area contributed by atoms with Crippen LogP contribution in [0.3, 0.4) is 0 Å². The van der Waals surface area contributed by atoms with Crippen LogP contribution < -0.4 is 0 Å². The Hall–Kier alpha value is -1.79. The third kappa shape index (κ3) is 2.85. The van der Waals surface area contributed by atoms with Gasteiger partial charge in [-0.1, -0.05) is 0 Å². The number of rotatable bonds is 2. The molecule has 0 spiro atoms. The van der Waals surface area contributed by atoms with E-state index in [4.69, 9.17) is 5.11 Å². The lowest BCUT2D eigenvalue weighted by atomic mass is 10.2. The first-order valence-corrected chi connectivity index (χ1v) is 4.17. The number of carbonyl (C=O) groups is 1. The Morgan fingerprint density at radius 1 is 1.50 bits per heavy atom. The zero-order valence-corrected chi connectivity index (χ0v) is 8.21. The monoisotopic (exact) mass is 235 g/mol. The van der Waals surface area contributed by atoms with Crippen molar-refractivity contribution in [3.05, 3.63) is 23.5 Å². The second-order valence-electron chi connectivity index (χ2n) is 2.92. The number of hydrogen-bond acceptors (Lipinski definition) is 4. The van der Waals surface area contributed by atoms with Gasteiger partial charge >= 0.3 is 12.1 Å². The van der Waals surface area contributed by atoms with Crippen molar-refractivity contribution in [3.63, 3.8) is 0 Å². The number of aromatic hydroxyl groups is 1. The van der Waals surface area contributed by atoms with Crippen molar-refractivity contribution >= 4 is 5.97 Å². The number of hydrogen-bond donors (Lipinski definition) is 1. The van der Waals surface area contributed by atoms with Gasteiger partial charge in [-0.3, -0.25) is 4.79 Å². The molecule has 0 radical (unpaired) electrons. The Morgan fingerprint density at radius 2 is 2.12 bits per heavy atom. The maximum atomic E-state index is 12.3. The molecule has 0 aliphatic rings. The van der Waals surface area contributed by atoms with Crippen LogP contribution in [0.15, 0.2) is 12.1 Å². The summed E-state index contributed by atoms with van der Waals surface area (Å²) in [5, 5.41) is 8.96. The van der Waals surface area contributed by atoms with Crippen LogP contribution in [-0.4, -0.2) is 23.2 Å². The molecule has 1 rings (SSSR count). The molecule has 0 atom stereocenters. The molecule has 0 saturated heterocycles. The number of aromatic nitrogens is 1. The van der Waals surface area contributed by atoms with Crippen molar-refractivity contribution in [2.75, 3.05) is 7.11 Å². The molecule has 0 fully saturated rings. The van der Waals surface area contributed by atoms with E-state index in [-0.39, 0.29) is 12.1 Å². The van der Waals surface area contributed by atoms with Crippen molar-refractivity contribution in [2.45, 2.75) is 12.6 Å².